The minimum absolute atomic E-state index is 0.00363. The second-order valence-electron chi connectivity index (χ2n) is 3.62. The Labute approximate surface area is 97.5 Å². The SMILES string of the molecule is NC1CC1C(=O)Nc1ccc(Cl)cc1Cl. The fraction of sp³-hybridized carbons (Fsp3) is 0.300. The Kier molecular flexibility index (Phi) is 2.87. The van der Waals surface area contributed by atoms with Crippen molar-refractivity contribution in [2.45, 2.75) is 12.5 Å². The van der Waals surface area contributed by atoms with Gasteiger partial charge in [0.25, 0.3) is 0 Å². The fourth-order valence-electron chi connectivity index (χ4n) is 1.33. The molecule has 0 radical (unpaired) electrons. The number of nitrogens with one attached hydrogen (secondary N) is 1. The number of carbonyl (C=O) groups excluding carboxylic acids is 1. The summed E-state index contributed by atoms with van der Waals surface area (Å²) >= 11 is 11.6. The number of rotatable bonds is 2. The van der Waals surface area contributed by atoms with Gasteiger partial charge in [0.2, 0.25) is 5.91 Å². The molecule has 1 saturated carbocycles. The Hall–Kier alpha value is -0.770. The quantitative estimate of drug-likeness (QED) is 0.839. The van der Waals surface area contributed by atoms with E-state index in [1.165, 1.54) is 0 Å². The number of amides is 1. The predicted octanol–water partition coefficient (Wildman–Crippen LogP) is 2.28. The summed E-state index contributed by atoms with van der Waals surface area (Å²) in [5.74, 6) is -0.150. The molecule has 3 nitrogen and oxygen atoms in total. The van der Waals surface area contributed by atoms with Crippen LogP contribution in [0.25, 0.3) is 0 Å². The minimum Gasteiger partial charge on any atom is -0.327 e. The van der Waals surface area contributed by atoms with Crippen molar-refractivity contribution < 1.29 is 4.79 Å². The molecule has 5 heteroatoms. The van der Waals surface area contributed by atoms with Crippen LogP contribution < -0.4 is 11.1 Å². The number of nitrogens with two attached hydrogens (primary N) is 1. The van der Waals surface area contributed by atoms with E-state index in [9.17, 15) is 4.79 Å². The zero-order chi connectivity index (χ0) is 11.0. The van der Waals surface area contributed by atoms with Crippen LogP contribution in [0.15, 0.2) is 18.2 Å². The van der Waals surface area contributed by atoms with Crippen molar-refractivity contribution in [3.05, 3.63) is 28.2 Å². The van der Waals surface area contributed by atoms with Crippen LogP contribution in [0.4, 0.5) is 5.69 Å². The molecule has 0 spiro atoms. The molecule has 2 atom stereocenters. The molecule has 2 rings (SSSR count). The lowest BCUT2D eigenvalue weighted by atomic mass is 10.3. The van der Waals surface area contributed by atoms with Gasteiger partial charge in [0.1, 0.15) is 0 Å². The molecule has 1 aliphatic carbocycles. The van der Waals surface area contributed by atoms with Crippen molar-refractivity contribution in [1.82, 2.24) is 0 Å². The number of hydrogen-bond acceptors (Lipinski definition) is 2. The Morgan fingerprint density at radius 2 is 2.13 bits per heavy atom. The summed E-state index contributed by atoms with van der Waals surface area (Å²) in [5, 5.41) is 3.70. The van der Waals surface area contributed by atoms with Crippen molar-refractivity contribution in [2.75, 3.05) is 5.32 Å². The molecule has 1 amide bonds. The highest BCUT2D eigenvalue weighted by molar-refractivity contribution is 6.36. The van der Waals surface area contributed by atoms with Gasteiger partial charge in [0.05, 0.1) is 16.6 Å². The summed E-state index contributed by atoms with van der Waals surface area (Å²) in [5.41, 5.74) is 6.14. The molecule has 0 bridgehead atoms. The zero-order valence-corrected chi connectivity index (χ0v) is 9.35. The molecule has 15 heavy (non-hydrogen) atoms. The highest BCUT2D eigenvalue weighted by atomic mass is 35.5. The second-order valence-corrected chi connectivity index (χ2v) is 4.46. The maximum absolute atomic E-state index is 11.5. The molecule has 0 aromatic heterocycles. The summed E-state index contributed by atoms with van der Waals surface area (Å²) < 4.78 is 0. The van der Waals surface area contributed by atoms with Crippen molar-refractivity contribution in [2.24, 2.45) is 11.7 Å². The third-order valence-corrected chi connectivity index (χ3v) is 2.91. The zero-order valence-electron chi connectivity index (χ0n) is 7.84. The topological polar surface area (TPSA) is 55.1 Å². The van der Waals surface area contributed by atoms with Gasteiger partial charge in [-0.2, -0.15) is 0 Å². The molecule has 1 fully saturated rings. The van der Waals surface area contributed by atoms with E-state index in [4.69, 9.17) is 28.9 Å². The van der Waals surface area contributed by atoms with E-state index in [1.54, 1.807) is 18.2 Å². The molecule has 0 aliphatic heterocycles. The van der Waals surface area contributed by atoms with E-state index in [2.05, 4.69) is 5.32 Å². The molecule has 80 valence electrons. The normalized spacial score (nSPS) is 23.7. The first-order valence-corrected chi connectivity index (χ1v) is 5.35. The third-order valence-electron chi connectivity index (χ3n) is 2.37. The number of hydrogen-bond donors (Lipinski definition) is 2. The molecule has 3 N–H and O–H groups in total. The second kappa shape index (κ2) is 4.00. The van der Waals surface area contributed by atoms with Gasteiger partial charge in [-0.1, -0.05) is 23.2 Å². The molecule has 0 saturated heterocycles. The van der Waals surface area contributed by atoms with Gasteiger partial charge in [0.15, 0.2) is 0 Å². The summed E-state index contributed by atoms with van der Waals surface area (Å²) in [6, 6.07) is 4.94. The summed E-state index contributed by atoms with van der Waals surface area (Å²) in [7, 11) is 0. The van der Waals surface area contributed by atoms with E-state index in [0.717, 1.165) is 6.42 Å². The van der Waals surface area contributed by atoms with Crippen LogP contribution in [0.5, 0.6) is 0 Å². The maximum atomic E-state index is 11.5. The monoisotopic (exact) mass is 244 g/mol. The Balaban J connectivity index is 2.07. The minimum atomic E-state index is -0.0771. The lowest BCUT2D eigenvalue weighted by molar-refractivity contribution is -0.117. The fourth-order valence-corrected chi connectivity index (χ4v) is 1.79. The van der Waals surface area contributed by atoms with Crippen LogP contribution in [0.2, 0.25) is 10.0 Å². The number of halogens is 2. The van der Waals surface area contributed by atoms with E-state index in [0.29, 0.717) is 15.7 Å². The molecule has 1 aromatic rings. The van der Waals surface area contributed by atoms with Crippen LogP contribution in [0.3, 0.4) is 0 Å². The lowest BCUT2D eigenvalue weighted by Crippen LogP contribution is -2.18. The van der Waals surface area contributed by atoms with Crippen LogP contribution in [0.1, 0.15) is 6.42 Å². The van der Waals surface area contributed by atoms with Crippen LogP contribution in [-0.2, 0) is 4.79 Å². The van der Waals surface area contributed by atoms with Crippen LogP contribution in [0, 0.1) is 5.92 Å². The van der Waals surface area contributed by atoms with E-state index in [-0.39, 0.29) is 17.9 Å². The molecule has 0 heterocycles. The van der Waals surface area contributed by atoms with Crippen LogP contribution >= 0.6 is 23.2 Å². The predicted molar refractivity (Wildman–Crippen MR) is 61.2 cm³/mol. The van der Waals surface area contributed by atoms with Crippen molar-refractivity contribution >= 4 is 34.8 Å². The number of anilines is 1. The molecular weight excluding hydrogens is 235 g/mol. The Morgan fingerprint density at radius 1 is 1.47 bits per heavy atom. The van der Waals surface area contributed by atoms with Gasteiger partial charge in [-0.3, -0.25) is 4.79 Å². The summed E-state index contributed by atoms with van der Waals surface area (Å²) in [6.45, 7) is 0. The number of benzene rings is 1. The first-order valence-electron chi connectivity index (χ1n) is 4.59. The van der Waals surface area contributed by atoms with Gasteiger partial charge in [-0.25, -0.2) is 0 Å². The van der Waals surface area contributed by atoms with Gasteiger partial charge >= 0.3 is 0 Å². The smallest absolute Gasteiger partial charge is 0.229 e. The van der Waals surface area contributed by atoms with E-state index >= 15 is 0 Å². The third kappa shape index (κ3) is 2.43. The molecule has 2 unspecified atom stereocenters. The van der Waals surface area contributed by atoms with Gasteiger partial charge in [-0.05, 0) is 24.6 Å². The summed E-state index contributed by atoms with van der Waals surface area (Å²) in [4.78, 5) is 11.5. The molecule has 1 aromatic carbocycles. The Bertz CT molecular complexity index is 408. The van der Waals surface area contributed by atoms with Gasteiger partial charge in [0, 0.05) is 11.1 Å². The van der Waals surface area contributed by atoms with Gasteiger partial charge < -0.3 is 11.1 Å². The maximum Gasteiger partial charge on any atom is 0.229 e. The average Bonchev–Trinajstić information content (AvgIpc) is 2.88. The first-order chi connectivity index (χ1) is 7.08. The van der Waals surface area contributed by atoms with Crippen molar-refractivity contribution in [3.8, 4) is 0 Å². The highest BCUT2D eigenvalue weighted by Crippen LogP contribution is 2.31. The molecular formula is C10H10Cl2N2O. The number of carbonyl (C=O) groups is 1. The molecule has 1 aliphatic rings. The van der Waals surface area contributed by atoms with Crippen molar-refractivity contribution in [1.29, 1.82) is 0 Å². The Morgan fingerprint density at radius 3 is 2.67 bits per heavy atom. The van der Waals surface area contributed by atoms with Crippen molar-refractivity contribution in [3.63, 3.8) is 0 Å². The largest absolute Gasteiger partial charge is 0.327 e. The standard InChI is InChI=1S/C10H10Cl2N2O/c11-5-1-2-9(7(12)3-5)14-10(15)6-4-8(6)13/h1-3,6,8H,4,13H2,(H,14,15). The van der Waals surface area contributed by atoms with E-state index < -0.39 is 0 Å². The highest BCUT2D eigenvalue weighted by Gasteiger charge is 2.40. The average molecular weight is 245 g/mol. The van der Waals surface area contributed by atoms with Gasteiger partial charge in [-0.15, -0.1) is 0 Å². The van der Waals surface area contributed by atoms with Crippen LogP contribution in [-0.4, -0.2) is 11.9 Å². The van der Waals surface area contributed by atoms with E-state index in [1.807, 2.05) is 0 Å². The lowest BCUT2D eigenvalue weighted by Gasteiger charge is -2.06. The summed E-state index contributed by atoms with van der Waals surface area (Å²) in [6.07, 6.45) is 0.747. The first kappa shape index (κ1) is 10.7.